The van der Waals surface area contributed by atoms with Gasteiger partial charge in [-0.25, -0.2) is 0 Å². The summed E-state index contributed by atoms with van der Waals surface area (Å²) in [5.41, 5.74) is 0.0788. The van der Waals surface area contributed by atoms with E-state index in [4.69, 9.17) is 0 Å². The Bertz CT molecular complexity index is 259. The molecule has 3 heteroatoms. The Kier molecular flexibility index (Phi) is 6.03. The van der Waals surface area contributed by atoms with Crippen molar-refractivity contribution >= 4 is 11.3 Å². The second kappa shape index (κ2) is 7.05. The second-order valence-electron chi connectivity index (χ2n) is 4.37. The smallest absolute Gasteiger partial charge is 0.0499 e. The van der Waals surface area contributed by atoms with Gasteiger partial charge in [0.1, 0.15) is 0 Å². The summed E-state index contributed by atoms with van der Waals surface area (Å²) >= 11 is 1.81. The number of hydrogen-bond donors (Lipinski definition) is 2. The van der Waals surface area contributed by atoms with E-state index >= 15 is 0 Å². The summed E-state index contributed by atoms with van der Waals surface area (Å²) in [4.78, 5) is 1.43. The van der Waals surface area contributed by atoms with Gasteiger partial charge in [-0.3, -0.25) is 0 Å². The standard InChI is InChI=1S/C13H23NOS/c1-3-13(4-2,11-15)10-14-8-7-12-6-5-9-16-12/h5-6,9,14-15H,3-4,7-8,10-11H2,1-2H3. The van der Waals surface area contributed by atoms with Crippen molar-refractivity contribution in [3.8, 4) is 0 Å². The molecular formula is C13H23NOS. The number of aliphatic hydroxyl groups excluding tert-OH is 1. The number of aliphatic hydroxyl groups is 1. The highest BCUT2D eigenvalue weighted by Gasteiger charge is 2.24. The Hall–Kier alpha value is -0.380. The van der Waals surface area contributed by atoms with Gasteiger partial charge >= 0.3 is 0 Å². The lowest BCUT2D eigenvalue weighted by Gasteiger charge is -2.29. The van der Waals surface area contributed by atoms with E-state index in [1.807, 2.05) is 11.3 Å². The van der Waals surface area contributed by atoms with Crippen molar-refractivity contribution in [2.75, 3.05) is 19.7 Å². The normalized spacial score (nSPS) is 11.9. The predicted octanol–water partition coefficient (Wildman–Crippen LogP) is 2.68. The van der Waals surface area contributed by atoms with Gasteiger partial charge < -0.3 is 10.4 Å². The predicted molar refractivity (Wildman–Crippen MR) is 71.0 cm³/mol. The molecule has 1 aromatic rings. The quantitative estimate of drug-likeness (QED) is 0.686. The van der Waals surface area contributed by atoms with Crippen LogP contribution in [0.2, 0.25) is 0 Å². The molecule has 0 amide bonds. The first-order valence-corrected chi connectivity index (χ1v) is 6.98. The molecule has 0 spiro atoms. The third-order valence-electron chi connectivity index (χ3n) is 3.46. The van der Waals surface area contributed by atoms with Gasteiger partial charge in [0, 0.05) is 23.4 Å². The van der Waals surface area contributed by atoms with E-state index < -0.39 is 0 Å². The van der Waals surface area contributed by atoms with Gasteiger partial charge in [-0.05, 0) is 37.3 Å². The van der Waals surface area contributed by atoms with Gasteiger partial charge in [-0.2, -0.15) is 0 Å². The lowest BCUT2D eigenvalue weighted by Crippen LogP contribution is -2.37. The minimum Gasteiger partial charge on any atom is -0.396 e. The molecule has 0 aliphatic carbocycles. The van der Waals surface area contributed by atoms with Gasteiger partial charge in [-0.15, -0.1) is 11.3 Å². The van der Waals surface area contributed by atoms with Gasteiger partial charge in [0.05, 0.1) is 0 Å². The number of thiophene rings is 1. The average Bonchev–Trinajstić information content (AvgIpc) is 2.83. The molecule has 0 saturated carbocycles. The molecule has 0 aromatic carbocycles. The van der Waals surface area contributed by atoms with Gasteiger partial charge in [0.25, 0.3) is 0 Å². The van der Waals surface area contributed by atoms with Crippen LogP contribution >= 0.6 is 11.3 Å². The van der Waals surface area contributed by atoms with Gasteiger partial charge in [0.15, 0.2) is 0 Å². The summed E-state index contributed by atoms with van der Waals surface area (Å²) in [7, 11) is 0. The zero-order chi connectivity index (χ0) is 11.9. The highest BCUT2D eigenvalue weighted by atomic mass is 32.1. The molecule has 2 nitrogen and oxygen atoms in total. The largest absolute Gasteiger partial charge is 0.396 e. The molecule has 0 fully saturated rings. The Labute approximate surface area is 103 Å². The molecule has 0 aliphatic heterocycles. The molecule has 1 heterocycles. The van der Waals surface area contributed by atoms with Crippen molar-refractivity contribution in [2.24, 2.45) is 5.41 Å². The first-order valence-electron chi connectivity index (χ1n) is 6.10. The summed E-state index contributed by atoms with van der Waals surface area (Å²) in [6.45, 7) is 6.51. The van der Waals surface area contributed by atoms with Crippen molar-refractivity contribution in [3.63, 3.8) is 0 Å². The third kappa shape index (κ3) is 3.89. The van der Waals surface area contributed by atoms with Crippen LogP contribution in [0.3, 0.4) is 0 Å². The first kappa shape index (κ1) is 13.7. The number of hydrogen-bond acceptors (Lipinski definition) is 3. The van der Waals surface area contributed by atoms with E-state index in [0.717, 1.165) is 32.4 Å². The maximum atomic E-state index is 9.42. The van der Waals surface area contributed by atoms with Crippen LogP contribution in [-0.4, -0.2) is 24.8 Å². The Morgan fingerprint density at radius 3 is 2.62 bits per heavy atom. The maximum Gasteiger partial charge on any atom is 0.0499 e. The van der Waals surface area contributed by atoms with Gasteiger partial charge in [-0.1, -0.05) is 19.9 Å². The molecule has 0 bridgehead atoms. The molecular weight excluding hydrogens is 218 g/mol. The molecule has 2 N–H and O–H groups in total. The lowest BCUT2D eigenvalue weighted by atomic mass is 9.83. The molecule has 0 atom stereocenters. The third-order valence-corrected chi connectivity index (χ3v) is 4.40. The summed E-state index contributed by atoms with van der Waals surface area (Å²) in [5.74, 6) is 0. The fourth-order valence-corrected chi connectivity index (χ4v) is 2.51. The van der Waals surface area contributed by atoms with Crippen molar-refractivity contribution < 1.29 is 5.11 Å². The molecule has 92 valence electrons. The summed E-state index contributed by atoms with van der Waals surface area (Å²) in [5, 5.41) is 15.0. The van der Waals surface area contributed by atoms with Crippen molar-refractivity contribution in [2.45, 2.75) is 33.1 Å². The van der Waals surface area contributed by atoms with Crippen LogP contribution in [0.4, 0.5) is 0 Å². The van der Waals surface area contributed by atoms with Crippen LogP contribution in [0.5, 0.6) is 0 Å². The Balaban J connectivity index is 2.23. The van der Waals surface area contributed by atoms with Crippen LogP contribution in [0.15, 0.2) is 17.5 Å². The van der Waals surface area contributed by atoms with Crippen molar-refractivity contribution in [1.29, 1.82) is 0 Å². The maximum absolute atomic E-state index is 9.42. The number of nitrogens with one attached hydrogen (secondary N) is 1. The highest BCUT2D eigenvalue weighted by molar-refractivity contribution is 7.09. The molecule has 0 aliphatic rings. The lowest BCUT2D eigenvalue weighted by molar-refractivity contribution is 0.113. The summed E-state index contributed by atoms with van der Waals surface area (Å²) in [6, 6.07) is 4.27. The summed E-state index contributed by atoms with van der Waals surface area (Å²) in [6.07, 6.45) is 3.16. The minimum atomic E-state index is 0.0788. The van der Waals surface area contributed by atoms with E-state index in [1.165, 1.54) is 4.88 Å². The van der Waals surface area contributed by atoms with Crippen LogP contribution in [-0.2, 0) is 6.42 Å². The van der Waals surface area contributed by atoms with E-state index in [2.05, 4.69) is 36.7 Å². The van der Waals surface area contributed by atoms with Crippen LogP contribution in [0.25, 0.3) is 0 Å². The van der Waals surface area contributed by atoms with Crippen molar-refractivity contribution in [3.05, 3.63) is 22.4 Å². The van der Waals surface area contributed by atoms with Crippen LogP contribution in [0, 0.1) is 5.41 Å². The topological polar surface area (TPSA) is 32.3 Å². The van der Waals surface area contributed by atoms with Crippen molar-refractivity contribution in [1.82, 2.24) is 5.32 Å². The zero-order valence-electron chi connectivity index (χ0n) is 10.3. The summed E-state index contributed by atoms with van der Waals surface area (Å²) < 4.78 is 0. The average molecular weight is 241 g/mol. The molecule has 1 rings (SSSR count). The Morgan fingerprint density at radius 2 is 2.12 bits per heavy atom. The van der Waals surface area contributed by atoms with Crippen LogP contribution in [0.1, 0.15) is 31.6 Å². The molecule has 0 unspecified atom stereocenters. The van der Waals surface area contributed by atoms with E-state index in [0.29, 0.717) is 0 Å². The SMILES string of the molecule is CCC(CC)(CO)CNCCc1cccs1. The highest BCUT2D eigenvalue weighted by Crippen LogP contribution is 2.24. The molecule has 0 saturated heterocycles. The molecule has 1 aromatic heterocycles. The first-order chi connectivity index (χ1) is 7.76. The van der Waals surface area contributed by atoms with E-state index in [1.54, 1.807) is 0 Å². The monoisotopic (exact) mass is 241 g/mol. The Morgan fingerprint density at radius 1 is 1.38 bits per heavy atom. The fraction of sp³-hybridized carbons (Fsp3) is 0.692. The second-order valence-corrected chi connectivity index (χ2v) is 5.40. The molecule has 16 heavy (non-hydrogen) atoms. The van der Waals surface area contributed by atoms with Gasteiger partial charge in [0.2, 0.25) is 0 Å². The minimum absolute atomic E-state index is 0.0788. The molecule has 0 radical (unpaired) electrons. The zero-order valence-corrected chi connectivity index (χ0v) is 11.1. The number of rotatable bonds is 8. The fourth-order valence-electron chi connectivity index (χ4n) is 1.80. The van der Waals surface area contributed by atoms with E-state index in [9.17, 15) is 5.11 Å². The van der Waals surface area contributed by atoms with E-state index in [-0.39, 0.29) is 12.0 Å². The van der Waals surface area contributed by atoms with Crippen LogP contribution < -0.4 is 5.32 Å².